The van der Waals surface area contributed by atoms with Crippen molar-refractivity contribution in [2.24, 2.45) is 0 Å². The number of amides is 2. The van der Waals surface area contributed by atoms with Gasteiger partial charge in [-0.2, -0.15) is 0 Å². The van der Waals surface area contributed by atoms with Crippen LogP contribution < -0.4 is 5.32 Å². The Balaban J connectivity index is 2.54. The molecule has 0 bridgehead atoms. The Kier molecular flexibility index (Phi) is 2.15. The molecule has 5 heteroatoms. The van der Waals surface area contributed by atoms with E-state index < -0.39 is 5.82 Å². The lowest BCUT2D eigenvalue weighted by Gasteiger charge is -2.11. The molecule has 4 nitrogen and oxygen atoms in total. The molecule has 0 atom stereocenters. The third-order valence-corrected chi connectivity index (χ3v) is 2.21. The normalized spacial score (nSPS) is 15.7. The number of hydrogen-bond donors (Lipinski definition) is 1. The summed E-state index contributed by atoms with van der Waals surface area (Å²) < 4.78 is 12.9. The molecule has 0 fully saturated rings. The second-order valence-corrected chi connectivity index (χ2v) is 3.40. The Morgan fingerprint density at radius 3 is 2.87 bits per heavy atom. The van der Waals surface area contributed by atoms with Crippen LogP contribution in [0.25, 0.3) is 0 Å². The standard InChI is InChI=1S/C10H9FN2O2/c1-13-5-9(14)12-8-4-6(11)2-3-7(8)10(13)15/h2-4H,5H2,1H3,(H,12,14). The zero-order chi connectivity index (χ0) is 11.0. The van der Waals surface area contributed by atoms with Crippen molar-refractivity contribution < 1.29 is 14.0 Å². The maximum Gasteiger partial charge on any atom is 0.256 e. The lowest BCUT2D eigenvalue weighted by Crippen LogP contribution is -2.31. The Morgan fingerprint density at radius 1 is 1.40 bits per heavy atom. The minimum atomic E-state index is -0.480. The average molecular weight is 208 g/mol. The molecule has 1 N–H and O–H groups in total. The van der Waals surface area contributed by atoms with Crippen LogP contribution in [0.3, 0.4) is 0 Å². The molecule has 15 heavy (non-hydrogen) atoms. The number of hydrogen-bond acceptors (Lipinski definition) is 2. The number of carbonyl (C=O) groups excluding carboxylic acids is 2. The number of fused-ring (bicyclic) bond motifs is 1. The third kappa shape index (κ3) is 1.68. The highest BCUT2D eigenvalue weighted by molar-refractivity contribution is 6.08. The van der Waals surface area contributed by atoms with Crippen LogP contribution in [0.5, 0.6) is 0 Å². The van der Waals surface area contributed by atoms with E-state index >= 15 is 0 Å². The van der Waals surface area contributed by atoms with Crippen LogP contribution in [-0.2, 0) is 4.79 Å². The molecule has 0 saturated carbocycles. The van der Waals surface area contributed by atoms with Crippen molar-refractivity contribution in [3.8, 4) is 0 Å². The summed E-state index contributed by atoms with van der Waals surface area (Å²) in [6, 6.07) is 3.71. The molecule has 1 aliphatic rings. The van der Waals surface area contributed by atoms with Crippen molar-refractivity contribution in [2.45, 2.75) is 0 Å². The van der Waals surface area contributed by atoms with Gasteiger partial charge in [-0.1, -0.05) is 0 Å². The average Bonchev–Trinajstić information content (AvgIpc) is 2.25. The fraction of sp³-hybridized carbons (Fsp3) is 0.200. The number of likely N-dealkylation sites (N-methyl/N-ethyl adjacent to an activating group) is 1. The minimum absolute atomic E-state index is 0.0187. The van der Waals surface area contributed by atoms with Gasteiger partial charge in [0.25, 0.3) is 5.91 Å². The summed E-state index contributed by atoms with van der Waals surface area (Å²) in [5.74, 6) is -1.09. The molecular formula is C10H9FN2O2. The van der Waals surface area contributed by atoms with Crippen LogP contribution in [0.2, 0.25) is 0 Å². The van der Waals surface area contributed by atoms with Crippen molar-refractivity contribution in [1.82, 2.24) is 4.90 Å². The largest absolute Gasteiger partial charge is 0.332 e. The Labute approximate surface area is 85.7 Å². The molecular weight excluding hydrogens is 199 g/mol. The van der Waals surface area contributed by atoms with Crippen molar-refractivity contribution in [1.29, 1.82) is 0 Å². The van der Waals surface area contributed by atoms with Crippen LogP contribution in [0, 0.1) is 5.82 Å². The summed E-state index contributed by atoms with van der Waals surface area (Å²) in [7, 11) is 1.53. The van der Waals surface area contributed by atoms with Gasteiger partial charge in [0.2, 0.25) is 5.91 Å². The summed E-state index contributed by atoms with van der Waals surface area (Å²) in [6.45, 7) is -0.0187. The fourth-order valence-corrected chi connectivity index (χ4v) is 1.49. The first-order chi connectivity index (χ1) is 7.08. The molecule has 0 saturated heterocycles. The fourth-order valence-electron chi connectivity index (χ4n) is 1.49. The molecule has 2 amide bonds. The molecule has 1 heterocycles. The summed E-state index contributed by atoms with van der Waals surface area (Å²) in [6.07, 6.45) is 0. The topological polar surface area (TPSA) is 49.4 Å². The predicted octanol–water partition coefficient (Wildman–Crippen LogP) is 0.850. The first kappa shape index (κ1) is 9.64. The van der Waals surface area contributed by atoms with Crippen LogP contribution in [0.1, 0.15) is 10.4 Å². The zero-order valence-corrected chi connectivity index (χ0v) is 8.08. The molecule has 78 valence electrons. The van der Waals surface area contributed by atoms with Crippen LogP contribution >= 0.6 is 0 Å². The van der Waals surface area contributed by atoms with Crippen molar-refractivity contribution in [2.75, 3.05) is 18.9 Å². The molecule has 1 aromatic rings. The van der Waals surface area contributed by atoms with E-state index in [2.05, 4.69) is 5.32 Å². The second kappa shape index (κ2) is 3.34. The Hall–Kier alpha value is -1.91. The molecule has 1 aliphatic heterocycles. The van der Waals surface area contributed by atoms with Gasteiger partial charge >= 0.3 is 0 Å². The molecule has 0 radical (unpaired) electrons. The SMILES string of the molecule is CN1CC(=O)Nc2cc(F)ccc2C1=O. The van der Waals surface area contributed by atoms with E-state index in [4.69, 9.17) is 0 Å². The van der Waals surface area contributed by atoms with Crippen molar-refractivity contribution >= 4 is 17.5 Å². The van der Waals surface area contributed by atoms with Gasteiger partial charge in [0.05, 0.1) is 17.8 Å². The first-order valence-electron chi connectivity index (χ1n) is 4.43. The van der Waals surface area contributed by atoms with Crippen molar-refractivity contribution in [3.63, 3.8) is 0 Å². The number of benzene rings is 1. The summed E-state index contributed by atoms with van der Waals surface area (Å²) >= 11 is 0. The number of rotatable bonds is 0. The van der Waals surface area contributed by atoms with Gasteiger partial charge in [-0.05, 0) is 18.2 Å². The molecule has 0 aromatic heterocycles. The number of nitrogens with zero attached hydrogens (tertiary/aromatic N) is 1. The highest BCUT2D eigenvalue weighted by atomic mass is 19.1. The summed E-state index contributed by atoms with van der Waals surface area (Å²) in [5.41, 5.74) is 0.541. The maximum absolute atomic E-state index is 12.9. The van der Waals surface area contributed by atoms with Gasteiger partial charge in [0, 0.05) is 7.05 Å². The van der Waals surface area contributed by atoms with Gasteiger partial charge < -0.3 is 10.2 Å². The number of carbonyl (C=O) groups is 2. The number of anilines is 1. The molecule has 0 aliphatic carbocycles. The highest BCUT2D eigenvalue weighted by Crippen LogP contribution is 2.20. The molecule has 0 spiro atoms. The van der Waals surface area contributed by atoms with Gasteiger partial charge in [-0.25, -0.2) is 4.39 Å². The number of nitrogens with one attached hydrogen (secondary N) is 1. The first-order valence-corrected chi connectivity index (χ1v) is 4.43. The quantitative estimate of drug-likeness (QED) is 0.687. The third-order valence-electron chi connectivity index (χ3n) is 2.21. The Bertz CT molecular complexity index is 445. The predicted molar refractivity (Wildman–Crippen MR) is 52.0 cm³/mol. The number of halogens is 1. The minimum Gasteiger partial charge on any atom is -0.332 e. The Morgan fingerprint density at radius 2 is 2.13 bits per heavy atom. The lowest BCUT2D eigenvalue weighted by molar-refractivity contribution is -0.116. The summed E-state index contributed by atoms with van der Waals surface area (Å²) in [4.78, 5) is 24.3. The van der Waals surface area contributed by atoms with E-state index in [-0.39, 0.29) is 24.0 Å². The van der Waals surface area contributed by atoms with Crippen LogP contribution in [-0.4, -0.2) is 30.3 Å². The second-order valence-electron chi connectivity index (χ2n) is 3.40. The van der Waals surface area contributed by atoms with E-state index in [1.54, 1.807) is 0 Å². The van der Waals surface area contributed by atoms with E-state index in [0.717, 1.165) is 6.07 Å². The van der Waals surface area contributed by atoms with E-state index in [9.17, 15) is 14.0 Å². The summed E-state index contributed by atoms with van der Waals surface area (Å²) in [5, 5.41) is 2.48. The maximum atomic E-state index is 12.9. The van der Waals surface area contributed by atoms with Crippen LogP contribution in [0.4, 0.5) is 10.1 Å². The van der Waals surface area contributed by atoms with Crippen LogP contribution in [0.15, 0.2) is 18.2 Å². The van der Waals surface area contributed by atoms with E-state index in [0.29, 0.717) is 5.56 Å². The monoisotopic (exact) mass is 208 g/mol. The molecule has 2 rings (SSSR count). The van der Waals surface area contributed by atoms with Gasteiger partial charge in [-0.15, -0.1) is 0 Å². The lowest BCUT2D eigenvalue weighted by atomic mass is 10.1. The van der Waals surface area contributed by atoms with Gasteiger partial charge in [-0.3, -0.25) is 9.59 Å². The zero-order valence-electron chi connectivity index (χ0n) is 8.08. The van der Waals surface area contributed by atoms with Crippen molar-refractivity contribution in [3.05, 3.63) is 29.6 Å². The molecule has 1 aromatic carbocycles. The highest BCUT2D eigenvalue weighted by Gasteiger charge is 2.23. The van der Waals surface area contributed by atoms with Gasteiger partial charge in [0.15, 0.2) is 0 Å². The smallest absolute Gasteiger partial charge is 0.256 e. The van der Waals surface area contributed by atoms with Gasteiger partial charge in [0.1, 0.15) is 5.82 Å². The molecule has 0 unspecified atom stereocenters. The van der Waals surface area contributed by atoms with E-state index in [1.807, 2.05) is 0 Å². The van der Waals surface area contributed by atoms with E-state index in [1.165, 1.54) is 24.1 Å².